The monoisotopic (exact) mass is 294 g/mol. The molecule has 0 aromatic heterocycles. The molecule has 114 valence electrons. The van der Waals surface area contributed by atoms with Gasteiger partial charge in [-0.05, 0) is 33.8 Å². The third kappa shape index (κ3) is 3.01. The smallest absolute Gasteiger partial charge is 0.329 e. The van der Waals surface area contributed by atoms with Crippen LogP contribution >= 0.6 is 0 Å². The molecule has 0 aliphatic rings. The number of amides is 1. The van der Waals surface area contributed by atoms with E-state index in [1.165, 1.54) is 39.0 Å². The van der Waals surface area contributed by atoms with E-state index in [4.69, 9.17) is 0 Å². The van der Waals surface area contributed by atoms with E-state index in [1.807, 2.05) is 0 Å². The van der Waals surface area contributed by atoms with Gasteiger partial charge in [0.15, 0.2) is 0 Å². The van der Waals surface area contributed by atoms with Crippen LogP contribution in [0.2, 0.25) is 0 Å². The van der Waals surface area contributed by atoms with Crippen LogP contribution in [-0.2, 0) is 4.79 Å². The molecular weight excluding hydrogens is 276 g/mol. The first-order chi connectivity index (χ1) is 9.64. The highest BCUT2D eigenvalue weighted by atomic mass is 16.6. The van der Waals surface area contributed by atoms with Gasteiger partial charge in [-0.2, -0.15) is 0 Å². The predicted octanol–water partition coefficient (Wildman–Crippen LogP) is 2.23. The Labute approximate surface area is 122 Å². The topological polar surface area (TPSA) is 101 Å². The number of hydrogen-bond donors (Lipinski definition) is 1. The van der Waals surface area contributed by atoms with Crippen molar-refractivity contribution < 1.29 is 19.6 Å². The molecule has 1 aromatic rings. The molecule has 0 aliphatic carbocycles. The second kappa shape index (κ2) is 5.90. The molecule has 0 heterocycles. The Balaban J connectivity index is 3.40. The Morgan fingerprint density at radius 3 is 2.38 bits per heavy atom. The number of carbonyl (C=O) groups is 2. The summed E-state index contributed by atoms with van der Waals surface area (Å²) in [5, 5.41) is 20.4. The van der Waals surface area contributed by atoms with Crippen LogP contribution in [0.15, 0.2) is 18.2 Å². The highest BCUT2D eigenvalue weighted by Crippen LogP contribution is 2.27. The Hall–Kier alpha value is -2.44. The molecule has 1 N–H and O–H groups in total. The fourth-order valence-electron chi connectivity index (χ4n) is 2.13. The number of rotatable bonds is 5. The number of nitrogens with zero attached hydrogens (tertiary/aromatic N) is 2. The van der Waals surface area contributed by atoms with Gasteiger partial charge >= 0.3 is 5.97 Å². The summed E-state index contributed by atoms with van der Waals surface area (Å²) in [6, 6.07) is 4.42. The first-order valence-electron chi connectivity index (χ1n) is 6.44. The molecule has 0 aliphatic heterocycles. The summed E-state index contributed by atoms with van der Waals surface area (Å²) in [5.74, 6) is -1.84. The number of para-hydroxylation sites is 1. The number of benzene rings is 1. The maximum Gasteiger partial charge on any atom is 0.329 e. The van der Waals surface area contributed by atoms with Crippen LogP contribution < -0.4 is 0 Å². The van der Waals surface area contributed by atoms with Gasteiger partial charge in [-0.1, -0.05) is 12.1 Å². The Morgan fingerprint density at radius 1 is 1.38 bits per heavy atom. The lowest BCUT2D eigenvalue weighted by atomic mass is 10.00. The molecule has 0 fully saturated rings. The van der Waals surface area contributed by atoms with Crippen molar-refractivity contribution in [3.05, 3.63) is 39.4 Å². The molecule has 0 spiro atoms. The SMILES string of the molecule is CCN(C(=O)c1cccc(C)c1[N+](=O)[O-])C(C)(C)C(=O)O. The van der Waals surface area contributed by atoms with Gasteiger partial charge in [-0.15, -0.1) is 0 Å². The van der Waals surface area contributed by atoms with Crippen LogP contribution in [0.5, 0.6) is 0 Å². The molecule has 0 radical (unpaired) electrons. The fraction of sp³-hybridized carbons (Fsp3) is 0.429. The van der Waals surface area contributed by atoms with Gasteiger partial charge in [0.05, 0.1) is 4.92 Å². The Kier molecular flexibility index (Phi) is 4.67. The molecule has 21 heavy (non-hydrogen) atoms. The first kappa shape index (κ1) is 16.6. The van der Waals surface area contributed by atoms with Gasteiger partial charge in [0.1, 0.15) is 11.1 Å². The number of carboxylic acids is 1. The summed E-state index contributed by atoms with van der Waals surface area (Å²) < 4.78 is 0. The van der Waals surface area contributed by atoms with E-state index < -0.39 is 22.3 Å². The number of aryl methyl sites for hydroxylation is 1. The average molecular weight is 294 g/mol. The van der Waals surface area contributed by atoms with E-state index in [0.29, 0.717) is 5.56 Å². The molecule has 1 rings (SSSR count). The highest BCUT2D eigenvalue weighted by Gasteiger charge is 2.39. The normalized spacial score (nSPS) is 11.0. The third-order valence-corrected chi connectivity index (χ3v) is 3.41. The predicted molar refractivity (Wildman–Crippen MR) is 76.3 cm³/mol. The quantitative estimate of drug-likeness (QED) is 0.663. The van der Waals surface area contributed by atoms with E-state index in [-0.39, 0.29) is 17.8 Å². The van der Waals surface area contributed by atoms with Crippen molar-refractivity contribution in [2.45, 2.75) is 33.2 Å². The summed E-state index contributed by atoms with van der Waals surface area (Å²) in [6.07, 6.45) is 0. The van der Waals surface area contributed by atoms with Crippen molar-refractivity contribution in [1.29, 1.82) is 0 Å². The summed E-state index contributed by atoms with van der Waals surface area (Å²) in [6.45, 7) is 6.07. The number of hydrogen-bond acceptors (Lipinski definition) is 4. The van der Waals surface area contributed by atoms with E-state index in [9.17, 15) is 24.8 Å². The minimum absolute atomic E-state index is 0.101. The molecule has 1 amide bonds. The molecule has 0 atom stereocenters. The first-order valence-corrected chi connectivity index (χ1v) is 6.44. The molecular formula is C14H18N2O5. The highest BCUT2D eigenvalue weighted by molar-refractivity contribution is 6.01. The lowest BCUT2D eigenvalue weighted by Gasteiger charge is -2.34. The maximum absolute atomic E-state index is 12.6. The standard InChI is InChI=1S/C14H18N2O5/c1-5-15(14(3,4)13(18)19)12(17)10-8-6-7-9(2)11(10)16(20)21/h6-8H,5H2,1-4H3,(H,18,19). The number of likely N-dealkylation sites (N-methyl/N-ethyl adjacent to an activating group) is 1. The van der Waals surface area contributed by atoms with Crippen molar-refractivity contribution in [3.8, 4) is 0 Å². The summed E-state index contributed by atoms with van der Waals surface area (Å²) >= 11 is 0. The van der Waals surface area contributed by atoms with Gasteiger partial charge in [0, 0.05) is 12.1 Å². The molecule has 0 saturated carbocycles. The van der Waals surface area contributed by atoms with E-state index in [0.717, 1.165) is 4.90 Å². The number of aliphatic carboxylic acids is 1. The van der Waals surface area contributed by atoms with Crippen LogP contribution in [-0.4, -0.2) is 38.9 Å². The molecule has 7 nitrogen and oxygen atoms in total. The number of nitro benzene ring substituents is 1. The zero-order valence-corrected chi connectivity index (χ0v) is 12.4. The molecule has 0 unspecified atom stereocenters. The van der Waals surface area contributed by atoms with Crippen molar-refractivity contribution in [3.63, 3.8) is 0 Å². The van der Waals surface area contributed by atoms with Gasteiger partial charge in [0.2, 0.25) is 0 Å². The largest absolute Gasteiger partial charge is 0.480 e. The van der Waals surface area contributed by atoms with Gasteiger partial charge < -0.3 is 10.0 Å². The number of nitro groups is 1. The van der Waals surface area contributed by atoms with Crippen molar-refractivity contribution in [2.75, 3.05) is 6.54 Å². The number of carbonyl (C=O) groups excluding carboxylic acids is 1. The maximum atomic E-state index is 12.6. The van der Waals surface area contributed by atoms with E-state index in [2.05, 4.69) is 0 Å². The fourth-order valence-corrected chi connectivity index (χ4v) is 2.13. The minimum atomic E-state index is -1.45. The van der Waals surface area contributed by atoms with Crippen molar-refractivity contribution >= 4 is 17.6 Å². The lowest BCUT2D eigenvalue weighted by Crippen LogP contribution is -2.53. The summed E-state index contributed by atoms with van der Waals surface area (Å²) in [5.41, 5.74) is -1.49. The van der Waals surface area contributed by atoms with Crippen LogP contribution in [0, 0.1) is 17.0 Å². The minimum Gasteiger partial charge on any atom is -0.480 e. The summed E-state index contributed by atoms with van der Waals surface area (Å²) in [7, 11) is 0. The van der Waals surface area contributed by atoms with Gasteiger partial charge in [0.25, 0.3) is 11.6 Å². The molecule has 1 aromatic carbocycles. The van der Waals surface area contributed by atoms with Crippen LogP contribution in [0.25, 0.3) is 0 Å². The molecule has 0 bridgehead atoms. The third-order valence-electron chi connectivity index (χ3n) is 3.41. The van der Waals surface area contributed by atoms with Crippen molar-refractivity contribution in [2.24, 2.45) is 0 Å². The zero-order chi connectivity index (χ0) is 16.4. The average Bonchev–Trinajstić information content (AvgIpc) is 2.37. The van der Waals surface area contributed by atoms with Crippen molar-refractivity contribution in [1.82, 2.24) is 4.90 Å². The lowest BCUT2D eigenvalue weighted by molar-refractivity contribution is -0.385. The van der Waals surface area contributed by atoms with Gasteiger partial charge in [-0.3, -0.25) is 14.9 Å². The van der Waals surface area contributed by atoms with Crippen LogP contribution in [0.3, 0.4) is 0 Å². The zero-order valence-electron chi connectivity index (χ0n) is 12.4. The second-order valence-electron chi connectivity index (χ2n) is 5.14. The Morgan fingerprint density at radius 2 is 1.95 bits per heavy atom. The molecule has 7 heteroatoms. The van der Waals surface area contributed by atoms with Crippen LogP contribution in [0.1, 0.15) is 36.7 Å². The summed E-state index contributed by atoms with van der Waals surface area (Å²) in [4.78, 5) is 35.5. The molecule has 0 saturated heterocycles. The van der Waals surface area contributed by atoms with E-state index >= 15 is 0 Å². The Bertz CT molecular complexity index is 595. The number of carboxylic acid groups (broad SMARTS) is 1. The van der Waals surface area contributed by atoms with Crippen LogP contribution in [0.4, 0.5) is 5.69 Å². The van der Waals surface area contributed by atoms with Gasteiger partial charge in [-0.25, -0.2) is 4.79 Å². The second-order valence-corrected chi connectivity index (χ2v) is 5.14. The van der Waals surface area contributed by atoms with E-state index in [1.54, 1.807) is 6.92 Å².